The first-order valence-corrected chi connectivity index (χ1v) is 12.5. The standard InChI is InChI=1S/C28H28N2O6/c1-2-17-12-16-14-28(26(33)34)23(17)29(15-16)11-10-20-21-13-19(31)8-9-22(21)30(24(20)28)27(35)36-25(32)18-6-4-3-5-7-18/h3-9,13,16-17,23,31H,2,10-12,14-15H2,1H3,(H,33,34)/t16?,17?,23?,28-/m0/s1. The SMILES string of the molecule is CCC1CC2CN3CCc4c(n(C(=O)OC(=O)c5ccccc5)c5ccc(O)cc45)[C@](C(=O)O)(C2)C13. The van der Waals surface area contributed by atoms with Crippen molar-refractivity contribution in [2.75, 3.05) is 13.1 Å². The summed E-state index contributed by atoms with van der Waals surface area (Å²) in [4.78, 5) is 42.1. The number of ether oxygens (including phenoxy) is 1. The van der Waals surface area contributed by atoms with Crippen LogP contribution in [-0.4, -0.2) is 56.8 Å². The number of phenols is 1. The van der Waals surface area contributed by atoms with E-state index in [4.69, 9.17) is 4.74 Å². The lowest BCUT2D eigenvalue weighted by Gasteiger charge is -2.57. The van der Waals surface area contributed by atoms with Crippen molar-refractivity contribution in [2.45, 2.75) is 44.1 Å². The zero-order chi connectivity index (χ0) is 25.2. The van der Waals surface area contributed by atoms with Crippen molar-refractivity contribution in [1.29, 1.82) is 0 Å². The Morgan fingerprint density at radius 1 is 1.14 bits per heavy atom. The van der Waals surface area contributed by atoms with Gasteiger partial charge in [0, 0.05) is 24.5 Å². The summed E-state index contributed by atoms with van der Waals surface area (Å²) in [5.74, 6) is -1.35. The fourth-order valence-electron chi connectivity index (χ4n) is 7.25. The van der Waals surface area contributed by atoms with E-state index in [1.165, 1.54) is 10.6 Å². The number of aromatic hydroxyl groups is 1. The smallest absolute Gasteiger partial charge is 0.426 e. The number of carbonyl (C=O) groups excluding carboxylic acids is 2. The van der Waals surface area contributed by atoms with Crippen LogP contribution in [-0.2, 0) is 21.4 Å². The average molecular weight is 489 g/mol. The highest BCUT2D eigenvalue weighted by Gasteiger charge is 2.63. The van der Waals surface area contributed by atoms with Crippen molar-refractivity contribution in [3.8, 4) is 5.75 Å². The largest absolute Gasteiger partial charge is 0.508 e. The van der Waals surface area contributed by atoms with Crippen LogP contribution in [0.15, 0.2) is 48.5 Å². The summed E-state index contributed by atoms with van der Waals surface area (Å²) in [6.07, 6.45) is 1.86. The van der Waals surface area contributed by atoms with Crippen LogP contribution < -0.4 is 0 Å². The molecule has 4 heterocycles. The van der Waals surface area contributed by atoms with Gasteiger partial charge in [-0.25, -0.2) is 14.2 Å². The lowest BCUT2D eigenvalue weighted by Crippen LogP contribution is -2.67. The zero-order valence-electron chi connectivity index (χ0n) is 20.0. The molecule has 3 aliphatic heterocycles. The second-order valence-electron chi connectivity index (χ2n) is 10.3. The van der Waals surface area contributed by atoms with Gasteiger partial charge in [0.15, 0.2) is 0 Å². The molecule has 8 heteroatoms. The van der Waals surface area contributed by atoms with Gasteiger partial charge in [-0.15, -0.1) is 0 Å². The van der Waals surface area contributed by atoms with Gasteiger partial charge in [-0.2, -0.15) is 0 Å². The Hall–Kier alpha value is -3.65. The maximum Gasteiger partial charge on any atom is 0.426 e. The van der Waals surface area contributed by atoms with E-state index in [0.717, 1.165) is 24.9 Å². The number of nitrogens with zero attached hydrogens (tertiary/aromatic N) is 2. The van der Waals surface area contributed by atoms with Crippen molar-refractivity contribution < 1.29 is 29.3 Å². The normalized spacial score (nSPS) is 28.4. The van der Waals surface area contributed by atoms with Crippen LogP contribution >= 0.6 is 0 Å². The summed E-state index contributed by atoms with van der Waals surface area (Å²) in [6, 6.07) is 12.6. The number of aliphatic carboxylic acids is 1. The molecule has 2 saturated heterocycles. The molecule has 1 aromatic heterocycles. The number of esters is 1. The van der Waals surface area contributed by atoms with Crippen LogP contribution in [0.3, 0.4) is 0 Å². The number of carboxylic acid groups (broad SMARTS) is 1. The van der Waals surface area contributed by atoms with Crippen LogP contribution in [0.1, 0.15) is 47.8 Å². The first kappa shape index (κ1) is 22.8. The van der Waals surface area contributed by atoms with Gasteiger partial charge in [0.25, 0.3) is 0 Å². The van der Waals surface area contributed by atoms with Crippen molar-refractivity contribution in [3.63, 3.8) is 0 Å². The maximum absolute atomic E-state index is 13.7. The molecule has 0 radical (unpaired) electrons. The molecule has 1 saturated carbocycles. The molecule has 36 heavy (non-hydrogen) atoms. The fraction of sp³-hybridized carbons (Fsp3) is 0.393. The molecule has 5 atom stereocenters. The van der Waals surface area contributed by atoms with E-state index in [-0.39, 0.29) is 29.2 Å². The third-order valence-corrected chi connectivity index (χ3v) is 8.49. The summed E-state index contributed by atoms with van der Waals surface area (Å²) >= 11 is 0. The van der Waals surface area contributed by atoms with Gasteiger partial charge >= 0.3 is 18.0 Å². The zero-order valence-corrected chi connectivity index (χ0v) is 20.0. The summed E-state index contributed by atoms with van der Waals surface area (Å²) < 4.78 is 6.64. The van der Waals surface area contributed by atoms with Gasteiger partial charge < -0.3 is 14.9 Å². The monoisotopic (exact) mass is 488 g/mol. The van der Waals surface area contributed by atoms with E-state index < -0.39 is 23.4 Å². The summed E-state index contributed by atoms with van der Waals surface area (Å²) in [7, 11) is 0. The van der Waals surface area contributed by atoms with Crippen LogP contribution in [0.25, 0.3) is 10.9 Å². The third-order valence-electron chi connectivity index (χ3n) is 8.49. The summed E-state index contributed by atoms with van der Waals surface area (Å²) in [6.45, 7) is 3.61. The number of hydrogen-bond donors (Lipinski definition) is 2. The van der Waals surface area contributed by atoms with Gasteiger partial charge in [0.1, 0.15) is 11.2 Å². The van der Waals surface area contributed by atoms with E-state index in [1.807, 2.05) is 0 Å². The number of carbonyl (C=O) groups is 3. The molecule has 3 fully saturated rings. The Morgan fingerprint density at radius 3 is 2.64 bits per heavy atom. The minimum Gasteiger partial charge on any atom is -0.508 e. The first-order chi connectivity index (χ1) is 17.3. The van der Waals surface area contributed by atoms with Gasteiger partial charge in [-0.1, -0.05) is 31.5 Å². The van der Waals surface area contributed by atoms with Crippen LogP contribution in [0, 0.1) is 11.8 Å². The van der Waals surface area contributed by atoms with Crippen molar-refractivity contribution >= 4 is 28.9 Å². The molecular formula is C28H28N2O6. The molecule has 1 aliphatic carbocycles. The van der Waals surface area contributed by atoms with Crippen molar-refractivity contribution in [3.05, 3.63) is 65.4 Å². The Bertz CT molecular complexity index is 1400. The van der Waals surface area contributed by atoms with Crippen molar-refractivity contribution in [2.24, 2.45) is 11.8 Å². The molecule has 0 amide bonds. The number of piperidine rings is 2. The lowest BCUT2D eigenvalue weighted by molar-refractivity contribution is -0.158. The minimum absolute atomic E-state index is 0.0287. The number of phenolic OH excluding ortho intramolecular Hbond substituents is 1. The molecule has 0 spiro atoms. The number of benzene rings is 2. The van der Waals surface area contributed by atoms with Gasteiger partial charge in [0.2, 0.25) is 0 Å². The Kier molecular flexibility index (Phi) is 5.19. The molecule has 186 valence electrons. The van der Waals surface area contributed by atoms with E-state index in [1.54, 1.807) is 42.5 Å². The van der Waals surface area contributed by atoms with Crippen LogP contribution in [0.2, 0.25) is 0 Å². The molecule has 2 aromatic carbocycles. The molecule has 4 bridgehead atoms. The van der Waals surface area contributed by atoms with E-state index in [0.29, 0.717) is 36.0 Å². The Labute approximate surface area is 208 Å². The van der Waals surface area contributed by atoms with Gasteiger partial charge in [-0.3, -0.25) is 9.69 Å². The highest BCUT2D eigenvalue weighted by molar-refractivity contribution is 6.02. The minimum atomic E-state index is -1.32. The number of aromatic nitrogens is 1. The topological polar surface area (TPSA) is 109 Å². The highest BCUT2D eigenvalue weighted by Crippen LogP contribution is 2.56. The first-order valence-electron chi connectivity index (χ1n) is 12.5. The molecule has 3 aromatic rings. The average Bonchev–Trinajstić information content (AvgIpc) is 3.15. The lowest BCUT2D eigenvalue weighted by atomic mass is 9.56. The quantitative estimate of drug-likeness (QED) is 0.421. The Balaban J connectivity index is 1.59. The highest BCUT2D eigenvalue weighted by atomic mass is 16.6. The van der Waals surface area contributed by atoms with E-state index >= 15 is 0 Å². The number of carboxylic acids is 1. The summed E-state index contributed by atoms with van der Waals surface area (Å²) in [5.41, 5.74) is 0.478. The molecule has 4 unspecified atom stereocenters. The molecule has 4 aliphatic rings. The van der Waals surface area contributed by atoms with Crippen LogP contribution in [0.4, 0.5) is 4.79 Å². The molecule has 8 nitrogen and oxygen atoms in total. The van der Waals surface area contributed by atoms with E-state index in [2.05, 4.69) is 11.8 Å². The summed E-state index contributed by atoms with van der Waals surface area (Å²) in [5, 5.41) is 21.8. The fourth-order valence-corrected chi connectivity index (χ4v) is 7.25. The van der Waals surface area contributed by atoms with Gasteiger partial charge in [0.05, 0.1) is 16.8 Å². The predicted molar refractivity (Wildman–Crippen MR) is 131 cm³/mol. The Morgan fingerprint density at radius 2 is 1.92 bits per heavy atom. The second kappa shape index (κ2) is 8.20. The van der Waals surface area contributed by atoms with Crippen molar-refractivity contribution in [1.82, 2.24) is 9.47 Å². The van der Waals surface area contributed by atoms with Crippen LogP contribution in [0.5, 0.6) is 5.75 Å². The van der Waals surface area contributed by atoms with E-state index in [9.17, 15) is 24.6 Å². The third kappa shape index (κ3) is 3.13. The molecule has 2 N–H and O–H groups in total. The predicted octanol–water partition coefficient (Wildman–Crippen LogP) is 4.17. The second-order valence-corrected chi connectivity index (χ2v) is 10.3. The number of fused-ring (bicyclic) bond motifs is 4. The molecule has 7 rings (SSSR count). The number of hydrogen-bond acceptors (Lipinski definition) is 6. The molecular weight excluding hydrogens is 460 g/mol. The number of rotatable bonds is 3. The maximum atomic E-state index is 13.7. The van der Waals surface area contributed by atoms with Gasteiger partial charge in [-0.05, 0) is 67.0 Å².